The summed E-state index contributed by atoms with van der Waals surface area (Å²) in [5.41, 5.74) is -0.460. The van der Waals surface area contributed by atoms with Crippen molar-refractivity contribution in [2.24, 2.45) is 0 Å². The fourth-order valence-corrected chi connectivity index (χ4v) is 3.10. The Labute approximate surface area is 111 Å². The molecule has 18 heavy (non-hydrogen) atoms. The Balaban J connectivity index is 2.58. The normalized spacial score (nSPS) is 21.4. The Kier molecular flexibility index (Phi) is 3.42. The van der Waals surface area contributed by atoms with Crippen LogP contribution in [0.1, 0.15) is 38.9 Å². The van der Waals surface area contributed by atoms with Crippen molar-refractivity contribution < 1.29 is 13.2 Å². The standard InChI is InChI=1S/C10H16ClN3O3S/c1-10(2,3)14-8(7-4-5-17-6-7)12-13-9(14)18(11,15)16/h7H,4-6H2,1-3H3. The number of rotatable bonds is 2. The predicted molar refractivity (Wildman–Crippen MR) is 66.2 cm³/mol. The minimum absolute atomic E-state index is 0.0730. The first-order chi connectivity index (χ1) is 8.21. The van der Waals surface area contributed by atoms with Crippen molar-refractivity contribution in [2.45, 2.75) is 43.8 Å². The minimum Gasteiger partial charge on any atom is -0.381 e. The molecular weight excluding hydrogens is 278 g/mol. The Morgan fingerprint density at radius 1 is 1.39 bits per heavy atom. The molecule has 8 heteroatoms. The lowest BCUT2D eigenvalue weighted by atomic mass is 10.0. The van der Waals surface area contributed by atoms with E-state index in [0.29, 0.717) is 19.0 Å². The molecule has 1 atom stereocenters. The van der Waals surface area contributed by atoms with Crippen LogP contribution in [-0.4, -0.2) is 36.4 Å². The number of halogens is 1. The van der Waals surface area contributed by atoms with Crippen molar-refractivity contribution in [1.29, 1.82) is 0 Å². The number of hydrogen-bond donors (Lipinski definition) is 0. The second kappa shape index (κ2) is 4.47. The highest BCUT2D eigenvalue weighted by molar-refractivity contribution is 8.13. The van der Waals surface area contributed by atoms with Crippen molar-refractivity contribution in [3.8, 4) is 0 Å². The molecule has 1 aliphatic heterocycles. The molecule has 1 aromatic heterocycles. The third-order valence-corrected chi connectivity index (χ3v) is 3.96. The summed E-state index contributed by atoms with van der Waals surface area (Å²) in [5, 5.41) is 7.54. The van der Waals surface area contributed by atoms with Crippen LogP contribution in [0.2, 0.25) is 0 Å². The SMILES string of the molecule is CC(C)(C)n1c(C2CCOC2)nnc1S(=O)(=O)Cl. The van der Waals surface area contributed by atoms with E-state index in [9.17, 15) is 8.42 Å². The van der Waals surface area contributed by atoms with Gasteiger partial charge in [-0.1, -0.05) is 0 Å². The third kappa shape index (κ3) is 2.53. The average Bonchev–Trinajstić information content (AvgIpc) is 2.83. The molecule has 1 unspecified atom stereocenters. The number of nitrogens with zero attached hydrogens (tertiary/aromatic N) is 3. The summed E-state index contributed by atoms with van der Waals surface area (Å²) in [6.07, 6.45) is 0.816. The number of ether oxygens (including phenoxy) is 1. The Hall–Kier alpha value is -0.660. The molecule has 0 N–H and O–H groups in total. The molecule has 1 aliphatic rings. The topological polar surface area (TPSA) is 74.1 Å². The molecule has 0 aliphatic carbocycles. The van der Waals surface area contributed by atoms with E-state index >= 15 is 0 Å². The van der Waals surface area contributed by atoms with E-state index in [-0.39, 0.29) is 11.1 Å². The van der Waals surface area contributed by atoms with E-state index in [0.717, 1.165) is 6.42 Å². The highest BCUT2D eigenvalue weighted by atomic mass is 35.7. The zero-order valence-corrected chi connectivity index (χ0v) is 12.1. The van der Waals surface area contributed by atoms with Gasteiger partial charge in [0.05, 0.1) is 6.61 Å². The molecule has 2 heterocycles. The molecule has 102 valence electrons. The monoisotopic (exact) mass is 293 g/mol. The van der Waals surface area contributed by atoms with E-state index in [2.05, 4.69) is 10.2 Å². The van der Waals surface area contributed by atoms with Gasteiger partial charge < -0.3 is 4.74 Å². The lowest BCUT2D eigenvalue weighted by Gasteiger charge is -2.25. The summed E-state index contributed by atoms with van der Waals surface area (Å²) in [7, 11) is 1.50. The first kappa shape index (κ1) is 13.8. The number of aromatic nitrogens is 3. The van der Waals surface area contributed by atoms with Crippen LogP contribution in [0.5, 0.6) is 0 Å². The molecule has 0 radical (unpaired) electrons. The minimum atomic E-state index is -3.90. The largest absolute Gasteiger partial charge is 0.381 e. The summed E-state index contributed by atoms with van der Waals surface area (Å²) in [6, 6.07) is 0. The molecule has 0 aromatic carbocycles. The van der Waals surface area contributed by atoms with Crippen molar-refractivity contribution in [2.75, 3.05) is 13.2 Å². The second-order valence-corrected chi connectivity index (χ2v) is 7.81. The van der Waals surface area contributed by atoms with Gasteiger partial charge in [0.25, 0.3) is 14.2 Å². The molecule has 2 rings (SSSR count). The quantitative estimate of drug-likeness (QED) is 0.772. The first-order valence-electron chi connectivity index (χ1n) is 5.69. The van der Waals surface area contributed by atoms with E-state index in [4.69, 9.17) is 15.4 Å². The molecule has 0 bridgehead atoms. The zero-order valence-electron chi connectivity index (χ0n) is 10.6. The Morgan fingerprint density at radius 3 is 2.50 bits per heavy atom. The molecule has 1 aromatic rings. The van der Waals surface area contributed by atoms with Gasteiger partial charge in [-0.2, -0.15) is 0 Å². The third-order valence-electron chi connectivity index (χ3n) is 2.84. The van der Waals surface area contributed by atoms with Gasteiger partial charge in [-0.15, -0.1) is 10.2 Å². The predicted octanol–water partition coefficient (Wildman–Crippen LogP) is 1.46. The summed E-state index contributed by atoms with van der Waals surface area (Å²) < 4.78 is 30.0. The van der Waals surface area contributed by atoms with Crippen LogP contribution in [-0.2, 0) is 19.3 Å². The van der Waals surface area contributed by atoms with Crippen LogP contribution in [0, 0.1) is 0 Å². The number of hydrogen-bond acceptors (Lipinski definition) is 5. The molecule has 6 nitrogen and oxygen atoms in total. The highest BCUT2D eigenvalue weighted by Crippen LogP contribution is 2.31. The first-order valence-corrected chi connectivity index (χ1v) is 8.00. The van der Waals surface area contributed by atoms with E-state index in [1.165, 1.54) is 0 Å². The van der Waals surface area contributed by atoms with E-state index in [1.807, 2.05) is 20.8 Å². The lowest BCUT2D eigenvalue weighted by molar-refractivity contribution is 0.191. The van der Waals surface area contributed by atoms with Crippen LogP contribution in [0.15, 0.2) is 5.16 Å². The maximum atomic E-state index is 11.5. The van der Waals surface area contributed by atoms with Gasteiger partial charge in [-0.3, -0.25) is 4.57 Å². The van der Waals surface area contributed by atoms with Crippen LogP contribution >= 0.6 is 10.7 Å². The van der Waals surface area contributed by atoms with Gasteiger partial charge in [-0.05, 0) is 27.2 Å². The fraction of sp³-hybridized carbons (Fsp3) is 0.800. The fourth-order valence-electron chi connectivity index (χ4n) is 2.07. The van der Waals surface area contributed by atoms with Gasteiger partial charge in [0.15, 0.2) is 0 Å². The average molecular weight is 294 g/mol. The molecule has 1 fully saturated rings. The van der Waals surface area contributed by atoms with Crippen LogP contribution in [0.4, 0.5) is 0 Å². The van der Waals surface area contributed by atoms with Gasteiger partial charge >= 0.3 is 0 Å². The zero-order chi connectivity index (χ0) is 13.6. The van der Waals surface area contributed by atoms with Crippen molar-refractivity contribution in [3.05, 3.63) is 5.82 Å². The van der Waals surface area contributed by atoms with Crippen molar-refractivity contribution in [1.82, 2.24) is 14.8 Å². The molecule has 0 amide bonds. The molecular formula is C10H16ClN3O3S. The highest BCUT2D eigenvalue weighted by Gasteiger charge is 2.33. The van der Waals surface area contributed by atoms with Crippen LogP contribution in [0.3, 0.4) is 0 Å². The Morgan fingerprint density at radius 2 is 2.06 bits per heavy atom. The Bertz CT molecular complexity index is 541. The molecule has 0 saturated carbocycles. The summed E-state index contributed by atoms with van der Waals surface area (Å²) in [6.45, 7) is 6.87. The van der Waals surface area contributed by atoms with Gasteiger partial charge in [0.2, 0.25) is 0 Å². The molecule has 1 saturated heterocycles. The lowest BCUT2D eigenvalue weighted by Crippen LogP contribution is -2.28. The maximum Gasteiger partial charge on any atom is 0.296 e. The van der Waals surface area contributed by atoms with Crippen molar-refractivity contribution >= 4 is 19.7 Å². The molecule has 0 spiro atoms. The van der Waals surface area contributed by atoms with Gasteiger partial charge in [0, 0.05) is 28.7 Å². The van der Waals surface area contributed by atoms with Crippen LogP contribution in [0.25, 0.3) is 0 Å². The second-order valence-electron chi connectivity index (χ2n) is 5.35. The van der Waals surface area contributed by atoms with Gasteiger partial charge in [0.1, 0.15) is 5.82 Å². The summed E-state index contributed by atoms with van der Waals surface area (Å²) in [5.74, 6) is 0.697. The maximum absolute atomic E-state index is 11.5. The van der Waals surface area contributed by atoms with E-state index < -0.39 is 14.6 Å². The van der Waals surface area contributed by atoms with E-state index in [1.54, 1.807) is 4.57 Å². The van der Waals surface area contributed by atoms with Crippen molar-refractivity contribution in [3.63, 3.8) is 0 Å². The smallest absolute Gasteiger partial charge is 0.296 e. The summed E-state index contributed by atoms with van der Waals surface area (Å²) in [4.78, 5) is 0. The van der Waals surface area contributed by atoms with Gasteiger partial charge in [-0.25, -0.2) is 8.42 Å². The van der Waals surface area contributed by atoms with Crippen LogP contribution < -0.4 is 0 Å². The summed E-state index contributed by atoms with van der Waals surface area (Å²) >= 11 is 0.